The van der Waals surface area contributed by atoms with E-state index in [1.54, 1.807) is 30.3 Å². The van der Waals surface area contributed by atoms with Crippen LogP contribution in [0.25, 0.3) is 0 Å². The zero-order valence-corrected chi connectivity index (χ0v) is 30.3. The Morgan fingerprint density at radius 2 is 1.35 bits per heavy atom. The third-order valence-corrected chi connectivity index (χ3v) is 12.4. The molecule has 1 N–H and O–H groups in total. The molecule has 14 heteroatoms. The molecule has 0 radical (unpaired) electrons. The summed E-state index contributed by atoms with van der Waals surface area (Å²) in [6.45, 7) is 0. The lowest BCUT2D eigenvalue weighted by Crippen LogP contribution is -2.60. The van der Waals surface area contributed by atoms with E-state index in [9.17, 15) is 33.1 Å². The first kappa shape index (κ1) is 35.6. The third-order valence-electron chi connectivity index (χ3n) is 11.0. The Hall–Kier alpha value is -5.46. The maximum atomic E-state index is 15.0. The van der Waals surface area contributed by atoms with Crippen molar-refractivity contribution in [3.8, 4) is 5.75 Å². The van der Waals surface area contributed by atoms with Crippen LogP contribution in [0, 0.1) is 29.4 Å². The Morgan fingerprint density at radius 1 is 0.759 bits per heavy atom. The summed E-state index contributed by atoms with van der Waals surface area (Å²) in [5, 5.41) is 19.6. The van der Waals surface area contributed by atoms with E-state index in [1.807, 2.05) is 43.3 Å². The lowest BCUT2D eigenvalue weighted by molar-refractivity contribution is -0.125. The fourth-order valence-corrected chi connectivity index (χ4v) is 9.29. The number of alkyl halides is 2. The largest absolute Gasteiger partial charge is 0.505 e. The van der Waals surface area contributed by atoms with Gasteiger partial charge in [0.25, 0.3) is 11.8 Å². The van der Waals surface area contributed by atoms with Gasteiger partial charge < -0.3 is 10.0 Å². The number of imide groups is 2. The number of phenolic OH excluding ortho intramolecular Hbond substituents is 1. The first-order valence-corrected chi connectivity index (χ1v) is 17.9. The van der Waals surface area contributed by atoms with E-state index >= 15 is 0 Å². The van der Waals surface area contributed by atoms with Crippen molar-refractivity contribution in [2.75, 3.05) is 28.8 Å². The summed E-state index contributed by atoms with van der Waals surface area (Å²) in [7, 11) is 3.87. The molecule has 6 unspecified atom stereocenters. The lowest BCUT2D eigenvalue weighted by Gasteiger charge is -2.50. The highest BCUT2D eigenvalue weighted by Crippen LogP contribution is 2.66. The predicted molar refractivity (Wildman–Crippen MR) is 199 cm³/mol. The zero-order chi connectivity index (χ0) is 38.3. The monoisotopic (exact) mass is 769 g/mol. The van der Waals surface area contributed by atoms with Gasteiger partial charge in [0.2, 0.25) is 11.8 Å². The van der Waals surface area contributed by atoms with E-state index in [0.29, 0.717) is 22.6 Å². The van der Waals surface area contributed by atoms with E-state index in [1.165, 1.54) is 24.3 Å². The number of nitrogens with zero attached hydrogens (tertiary/aromatic N) is 5. The number of rotatable bonds is 6. The van der Waals surface area contributed by atoms with Crippen molar-refractivity contribution in [3.63, 3.8) is 0 Å². The molecular weight excluding hydrogens is 739 g/mol. The van der Waals surface area contributed by atoms with Gasteiger partial charge in [0.1, 0.15) is 5.82 Å². The summed E-state index contributed by atoms with van der Waals surface area (Å²) in [6, 6.07) is 22.3. The predicted octanol–water partition coefficient (Wildman–Crippen LogP) is 7.92. The molecule has 2 saturated heterocycles. The number of carbonyl (C=O) groups is 4. The molecule has 54 heavy (non-hydrogen) atoms. The molecule has 274 valence electrons. The van der Waals surface area contributed by atoms with Crippen molar-refractivity contribution >= 4 is 75.3 Å². The number of halogens is 4. The summed E-state index contributed by atoms with van der Waals surface area (Å²) in [5.41, 5.74) is 2.70. The number of carbonyl (C=O) groups excluding carboxylic acids is 4. The number of benzene rings is 4. The molecule has 10 nitrogen and oxygen atoms in total. The Kier molecular flexibility index (Phi) is 8.46. The fourth-order valence-electron chi connectivity index (χ4n) is 8.36. The second-order valence-corrected chi connectivity index (χ2v) is 15.3. The topological polar surface area (TPSA) is 123 Å². The van der Waals surface area contributed by atoms with Crippen LogP contribution in [0.3, 0.4) is 0 Å². The average molecular weight is 771 g/mol. The molecule has 0 spiro atoms. The highest BCUT2D eigenvalue weighted by Gasteiger charge is 2.77. The molecule has 4 amide bonds. The van der Waals surface area contributed by atoms with Crippen LogP contribution in [0.15, 0.2) is 113 Å². The first-order valence-electron chi connectivity index (χ1n) is 17.1. The van der Waals surface area contributed by atoms with Crippen molar-refractivity contribution in [2.45, 2.75) is 28.5 Å². The number of aromatic hydroxyl groups is 1. The molecular formula is C40H31Cl2F2N5O5. The van der Waals surface area contributed by atoms with E-state index in [4.69, 9.17) is 23.2 Å². The van der Waals surface area contributed by atoms with Crippen LogP contribution in [-0.2, 0) is 19.2 Å². The number of anilines is 3. The maximum Gasteiger partial charge on any atom is 0.258 e. The van der Waals surface area contributed by atoms with Gasteiger partial charge >= 0.3 is 0 Å². The van der Waals surface area contributed by atoms with Crippen molar-refractivity contribution in [2.24, 2.45) is 28.0 Å². The molecule has 2 heterocycles. The minimum absolute atomic E-state index is 0.00130. The summed E-state index contributed by atoms with van der Waals surface area (Å²) >= 11 is 14.6. The quantitative estimate of drug-likeness (QED) is 0.0921. The van der Waals surface area contributed by atoms with Crippen LogP contribution in [0.1, 0.15) is 24.3 Å². The minimum Gasteiger partial charge on any atom is -0.505 e. The standard InChI is InChI=1S/C40H31Cl2F2N5O5/c1-47(2)24-14-8-22(9-15-24)45-46-23-10-16-25(17-11-23)48-35(51)28-19-18-27-30(32(28)36(48)52)20-39(41)37(53)49(26-12-6-21(43)7-13-26)38(54)40(39,42)33(27)29-4-3-5-31(44)34(29)50/h3-18,28,30,32-33,50H,19-20H2,1-2H3. The highest BCUT2D eigenvalue weighted by atomic mass is 35.5. The molecule has 4 aliphatic rings. The molecule has 8 rings (SSSR count). The highest BCUT2D eigenvalue weighted by molar-refractivity contribution is 6.58. The van der Waals surface area contributed by atoms with Gasteiger partial charge in [-0.15, -0.1) is 23.2 Å². The molecule has 6 atom stereocenters. The Morgan fingerprint density at radius 3 is 1.98 bits per heavy atom. The number of azo groups is 1. The van der Waals surface area contributed by atoms with Gasteiger partial charge in [-0.3, -0.25) is 24.1 Å². The second kappa shape index (κ2) is 12.8. The summed E-state index contributed by atoms with van der Waals surface area (Å²) in [6.07, 6.45) is 1.42. The number of fused-ring (bicyclic) bond motifs is 4. The SMILES string of the molecule is CN(C)c1ccc(N=Nc2ccc(N3C(=O)C4CC=C5C(CC6(Cl)C(=O)N(c7ccc(F)cc7)C(=O)C6(Cl)C5c5cccc(F)c5O)C4C3=O)cc2)cc1. The minimum atomic E-state index is -2.31. The molecule has 1 saturated carbocycles. The molecule has 2 aliphatic carbocycles. The molecule has 0 bridgehead atoms. The third kappa shape index (κ3) is 5.18. The van der Waals surface area contributed by atoms with Gasteiger partial charge in [0, 0.05) is 31.3 Å². The number of para-hydroxylation sites is 1. The molecule has 4 aromatic carbocycles. The van der Waals surface area contributed by atoms with Crippen LogP contribution in [-0.4, -0.2) is 52.6 Å². The van der Waals surface area contributed by atoms with Crippen molar-refractivity contribution in [1.29, 1.82) is 0 Å². The van der Waals surface area contributed by atoms with Crippen molar-refractivity contribution < 1.29 is 33.1 Å². The number of amides is 4. The first-order chi connectivity index (χ1) is 25.8. The molecule has 2 aliphatic heterocycles. The molecule has 3 fully saturated rings. The molecule has 4 aromatic rings. The van der Waals surface area contributed by atoms with Crippen LogP contribution in [0.5, 0.6) is 5.75 Å². The van der Waals surface area contributed by atoms with Crippen LogP contribution >= 0.6 is 23.2 Å². The van der Waals surface area contributed by atoms with Crippen molar-refractivity contribution in [1.82, 2.24) is 0 Å². The smallest absolute Gasteiger partial charge is 0.258 e. The summed E-state index contributed by atoms with van der Waals surface area (Å²) < 4.78 is 28.9. The number of phenols is 1. The van der Waals surface area contributed by atoms with Gasteiger partial charge in [-0.25, -0.2) is 13.7 Å². The second-order valence-electron chi connectivity index (χ2n) is 14.1. The Balaban J connectivity index is 1.15. The van der Waals surface area contributed by atoms with Crippen molar-refractivity contribution in [3.05, 3.63) is 120 Å². The molecule has 0 aromatic heterocycles. The van der Waals surface area contributed by atoms with Crippen LogP contribution < -0.4 is 14.7 Å². The maximum absolute atomic E-state index is 15.0. The van der Waals surface area contributed by atoms with Gasteiger partial charge in [-0.1, -0.05) is 23.8 Å². The Labute approximate surface area is 318 Å². The summed E-state index contributed by atoms with van der Waals surface area (Å²) in [5.74, 6) is -9.49. The van der Waals surface area contributed by atoms with Gasteiger partial charge in [0.15, 0.2) is 21.3 Å². The average Bonchev–Trinajstić information content (AvgIpc) is 3.50. The van der Waals surface area contributed by atoms with E-state index < -0.39 is 74.4 Å². The summed E-state index contributed by atoms with van der Waals surface area (Å²) in [4.78, 5) is 56.5. The number of hydrogen-bond acceptors (Lipinski definition) is 8. The van der Waals surface area contributed by atoms with Gasteiger partial charge in [-0.05, 0) is 97.6 Å². The van der Waals surface area contributed by atoms with Gasteiger partial charge in [-0.2, -0.15) is 10.2 Å². The van der Waals surface area contributed by atoms with Gasteiger partial charge in [0.05, 0.1) is 34.6 Å². The number of allylic oxidation sites excluding steroid dienone is 2. The lowest BCUT2D eigenvalue weighted by atomic mass is 9.56. The van der Waals surface area contributed by atoms with E-state index in [2.05, 4.69) is 10.2 Å². The van der Waals surface area contributed by atoms with Crippen LogP contribution in [0.2, 0.25) is 0 Å². The van der Waals surface area contributed by atoms with E-state index in [-0.39, 0.29) is 24.1 Å². The van der Waals surface area contributed by atoms with Crippen LogP contribution in [0.4, 0.5) is 37.2 Å². The van der Waals surface area contributed by atoms with E-state index in [0.717, 1.165) is 33.7 Å². The number of hydrogen-bond donors (Lipinski definition) is 1. The normalized spacial score (nSPS) is 27.6. The Bertz CT molecular complexity index is 2300. The fraction of sp³-hybridized carbons (Fsp3) is 0.250. The zero-order valence-electron chi connectivity index (χ0n) is 28.8.